The summed E-state index contributed by atoms with van der Waals surface area (Å²) in [6.45, 7) is 4.16. The molecule has 1 N–H and O–H groups in total. The zero-order valence-corrected chi connectivity index (χ0v) is 9.45. The molecule has 3 nitrogen and oxygen atoms in total. The van der Waals surface area contributed by atoms with Crippen molar-refractivity contribution in [3.05, 3.63) is 34.9 Å². The number of carbonyl (C=O) groups excluding carboxylic acids is 1. The third-order valence-corrected chi connectivity index (χ3v) is 2.47. The van der Waals surface area contributed by atoms with Crippen molar-refractivity contribution in [1.29, 1.82) is 0 Å². The van der Waals surface area contributed by atoms with E-state index < -0.39 is 6.61 Å². The average Bonchev–Trinajstić information content (AvgIpc) is 2.22. The standard InChI is InChI=1S/C12H17NO2/c1-9-4-5-10(2)11(6-9)7-13(3)12(15)8-14/h4-6,14H,7-8H2,1-3H3. The highest BCUT2D eigenvalue weighted by atomic mass is 16.3. The Kier molecular flexibility index (Phi) is 3.86. The topological polar surface area (TPSA) is 40.5 Å². The predicted octanol–water partition coefficient (Wildman–Crippen LogP) is 1.25. The average molecular weight is 207 g/mol. The minimum absolute atomic E-state index is 0.254. The molecule has 15 heavy (non-hydrogen) atoms. The van der Waals surface area contributed by atoms with Crippen molar-refractivity contribution in [2.75, 3.05) is 13.7 Å². The first-order valence-electron chi connectivity index (χ1n) is 4.95. The number of carbonyl (C=O) groups is 1. The summed E-state index contributed by atoms with van der Waals surface area (Å²) >= 11 is 0. The highest BCUT2D eigenvalue weighted by molar-refractivity contribution is 5.76. The molecule has 0 radical (unpaired) electrons. The summed E-state index contributed by atoms with van der Waals surface area (Å²) in [5.74, 6) is -0.254. The fourth-order valence-corrected chi connectivity index (χ4v) is 1.44. The van der Waals surface area contributed by atoms with Gasteiger partial charge in [0.2, 0.25) is 5.91 Å². The Balaban J connectivity index is 2.80. The molecule has 0 bridgehead atoms. The second kappa shape index (κ2) is 4.94. The zero-order valence-electron chi connectivity index (χ0n) is 9.45. The minimum Gasteiger partial charge on any atom is -0.387 e. The van der Waals surface area contributed by atoms with E-state index in [1.165, 1.54) is 10.5 Å². The summed E-state index contributed by atoms with van der Waals surface area (Å²) in [6, 6.07) is 6.16. The number of benzene rings is 1. The van der Waals surface area contributed by atoms with Gasteiger partial charge in [0.05, 0.1) is 0 Å². The Hall–Kier alpha value is -1.35. The lowest BCUT2D eigenvalue weighted by Crippen LogP contribution is -2.28. The van der Waals surface area contributed by atoms with Gasteiger partial charge in [-0.15, -0.1) is 0 Å². The highest BCUT2D eigenvalue weighted by Gasteiger charge is 2.08. The van der Waals surface area contributed by atoms with Crippen LogP contribution in [-0.2, 0) is 11.3 Å². The number of rotatable bonds is 3. The molecular weight excluding hydrogens is 190 g/mol. The number of likely N-dealkylation sites (N-methyl/N-ethyl adjacent to an activating group) is 1. The number of aryl methyl sites for hydroxylation is 2. The van der Waals surface area contributed by atoms with Crippen molar-refractivity contribution < 1.29 is 9.90 Å². The van der Waals surface area contributed by atoms with Crippen LogP contribution >= 0.6 is 0 Å². The quantitative estimate of drug-likeness (QED) is 0.810. The second-order valence-corrected chi connectivity index (χ2v) is 3.84. The van der Waals surface area contributed by atoms with E-state index in [0.717, 1.165) is 11.1 Å². The lowest BCUT2D eigenvalue weighted by molar-refractivity contribution is -0.133. The van der Waals surface area contributed by atoms with E-state index in [-0.39, 0.29) is 5.91 Å². The Morgan fingerprint density at radius 3 is 2.67 bits per heavy atom. The summed E-state index contributed by atoms with van der Waals surface area (Å²) in [5.41, 5.74) is 3.47. The molecule has 1 aromatic rings. The zero-order chi connectivity index (χ0) is 11.4. The molecule has 0 aliphatic rings. The molecule has 0 heterocycles. The molecular formula is C12H17NO2. The number of aliphatic hydroxyl groups excluding tert-OH is 1. The fraction of sp³-hybridized carbons (Fsp3) is 0.417. The monoisotopic (exact) mass is 207 g/mol. The van der Waals surface area contributed by atoms with Crippen LogP contribution in [0.15, 0.2) is 18.2 Å². The molecule has 1 aromatic carbocycles. The Labute approximate surface area is 90.3 Å². The first-order valence-corrected chi connectivity index (χ1v) is 4.95. The van der Waals surface area contributed by atoms with Gasteiger partial charge in [0, 0.05) is 13.6 Å². The Bertz CT molecular complexity index is 361. The largest absolute Gasteiger partial charge is 0.387 e. The van der Waals surface area contributed by atoms with E-state index in [2.05, 4.69) is 6.07 Å². The van der Waals surface area contributed by atoms with Gasteiger partial charge in [-0.25, -0.2) is 0 Å². The van der Waals surface area contributed by atoms with E-state index in [1.54, 1.807) is 7.05 Å². The molecule has 0 aliphatic heterocycles. The van der Waals surface area contributed by atoms with Crippen molar-refractivity contribution in [3.63, 3.8) is 0 Å². The summed E-state index contributed by atoms with van der Waals surface area (Å²) in [4.78, 5) is 12.7. The number of hydrogen-bond acceptors (Lipinski definition) is 2. The summed E-state index contributed by atoms with van der Waals surface area (Å²) < 4.78 is 0. The summed E-state index contributed by atoms with van der Waals surface area (Å²) in [5, 5.41) is 8.72. The molecule has 0 aromatic heterocycles. The number of amides is 1. The maximum absolute atomic E-state index is 11.2. The van der Waals surface area contributed by atoms with Gasteiger partial charge in [-0.2, -0.15) is 0 Å². The van der Waals surface area contributed by atoms with Gasteiger partial charge in [0.15, 0.2) is 0 Å². The van der Waals surface area contributed by atoms with E-state index in [4.69, 9.17) is 5.11 Å². The third kappa shape index (κ3) is 3.06. The summed E-state index contributed by atoms with van der Waals surface area (Å²) in [7, 11) is 1.69. The highest BCUT2D eigenvalue weighted by Crippen LogP contribution is 2.12. The summed E-state index contributed by atoms with van der Waals surface area (Å²) in [6.07, 6.45) is 0. The van der Waals surface area contributed by atoms with Crippen LogP contribution in [-0.4, -0.2) is 29.6 Å². The molecule has 1 rings (SSSR count). The molecule has 0 saturated heterocycles. The molecule has 0 atom stereocenters. The van der Waals surface area contributed by atoms with Crippen LogP contribution in [0.2, 0.25) is 0 Å². The Morgan fingerprint density at radius 2 is 2.07 bits per heavy atom. The first-order chi connectivity index (χ1) is 7.04. The van der Waals surface area contributed by atoms with Crippen LogP contribution in [0.25, 0.3) is 0 Å². The van der Waals surface area contributed by atoms with E-state index in [9.17, 15) is 4.79 Å². The minimum atomic E-state index is -0.429. The third-order valence-electron chi connectivity index (χ3n) is 2.47. The van der Waals surface area contributed by atoms with Crippen LogP contribution < -0.4 is 0 Å². The fourth-order valence-electron chi connectivity index (χ4n) is 1.44. The van der Waals surface area contributed by atoms with Gasteiger partial charge in [-0.05, 0) is 25.0 Å². The van der Waals surface area contributed by atoms with Crippen molar-refractivity contribution in [2.24, 2.45) is 0 Å². The van der Waals surface area contributed by atoms with Crippen molar-refractivity contribution in [1.82, 2.24) is 4.90 Å². The molecule has 0 aliphatic carbocycles. The van der Waals surface area contributed by atoms with E-state index in [0.29, 0.717) is 6.54 Å². The lowest BCUT2D eigenvalue weighted by atomic mass is 10.1. The predicted molar refractivity (Wildman–Crippen MR) is 59.5 cm³/mol. The maximum Gasteiger partial charge on any atom is 0.248 e. The van der Waals surface area contributed by atoms with Crippen molar-refractivity contribution in [3.8, 4) is 0 Å². The van der Waals surface area contributed by atoms with Crippen LogP contribution in [0.3, 0.4) is 0 Å². The van der Waals surface area contributed by atoms with Crippen molar-refractivity contribution in [2.45, 2.75) is 20.4 Å². The van der Waals surface area contributed by atoms with Gasteiger partial charge in [0.25, 0.3) is 0 Å². The number of aliphatic hydroxyl groups is 1. The van der Waals surface area contributed by atoms with Crippen LogP contribution in [0.4, 0.5) is 0 Å². The van der Waals surface area contributed by atoms with Gasteiger partial charge < -0.3 is 10.0 Å². The normalized spacial score (nSPS) is 10.1. The molecule has 0 saturated carbocycles. The molecule has 3 heteroatoms. The molecule has 82 valence electrons. The first kappa shape index (κ1) is 11.7. The van der Waals surface area contributed by atoms with Gasteiger partial charge in [-0.3, -0.25) is 4.79 Å². The lowest BCUT2D eigenvalue weighted by Gasteiger charge is -2.17. The van der Waals surface area contributed by atoms with E-state index in [1.807, 2.05) is 26.0 Å². The van der Waals surface area contributed by atoms with Crippen LogP contribution in [0, 0.1) is 13.8 Å². The molecule has 0 unspecified atom stereocenters. The van der Waals surface area contributed by atoms with Crippen molar-refractivity contribution >= 4 is 5.91 Å². The van der Waals surface area contributed by atoms with Crippen LogP contribution in [0.1, 0.15) is 16.7 Å². The van der Waals surface area contributed by atoms with Crippen LogP contribution in [0.5, 0.6) is 0 Å². The van der Waals surface area contributed by atoms with Gasteiger partial charge >= 0.3 is 0 Å². The molecule has 1 amide bonds. The van der Waals surface area contributed by atoms with E-state index >= 15 is 0 Å². The number of nitrogens with zero attached hydrogens (tertiary/aromatic N) is 1. The van der Waals surface area contributed by atoms with Gasteiger partial charge in [0.1, 0.15) is 6.61 Å². The SMILES string of the molecule is Cc1ccc(C)c(CN(C)C(=O)CO)c1. The Morgan fingerprint density at radius 1 is 1.40 bits per heavy atom. The number of hydrogen-bond donors (Lipinski definition) is 1. The van der Waals surface area contributed by atoms with Gasteiger partial charge in [-0.1, -0.05) is 23.8 Å². The molecule has 0 spiro atoms. The smallest absolute Gasteiger partial charge is 0.248 e. The maximum atomic E-state index is 11.2. The molecule has 0 fully saturated rings. The second-order valence-electron chi connectivity index (χ2n) is 3.84.